The summed E-state index contributed by atoms with van der Waals surface area (Å²) in [7, 11) is 0. The van der Waals surface area contributed by atoms with Crippen molar-refractivity contribution in [2.24, 2.45) is 0 Å². The molecule has 29 heavy (non-hydrogen) atoms. The maximum Gasteiger partial charge on any atom is 0.226 e. The van der Waals surface area contributed by atoms with E-state index in [1.54, 1.807) is 6.20 Å². The summed E-state index contributed by atoms with van der Waals surface area (Å²) >= 11 is 0. The molecule has 0 spiro atoms. The molecule has 0 unspecified atom stereocenters. The molecule has 2 amide bonds. The van der Waals surface area contributed by atoms with Gasteiger partial charge in [0.05, 0.1) is 6.20 Å². The zero-order valence-electron chi connectivity index (χ0n) is 16.9. The molecule has 0 aliphatic heterocycles. The topological polar surface area (TPSA) is 113 Å². The number of nitrogens with one attached hydrogen (secondary N) is 3. The number of anilines is 1. The van der Waals surface area contributed by atoms with Crippen LogP contribution in [-0.2, 0) is 16.0 Å². The maximum atomic E-state index is 12.3. The fourth-order valence-electron chi connectivity index (χ4n) is 4.31. The molecule has 4 rings (SSSR count). The van der Waals surface area contributed by atoms with Crippen LogP contribution >= 0.6 is 0 Å². The van der Waals surface area contributed by atoms with Crippen molar-refractivity contribution < 1.29 is 14.0 Å². The number of aryl methyl sites for hydroxylation is 1. The van der Waals surface area contributed by atoms with Gasteiger partial charge in [-0.3, -0.25) is 14.7 Å². The lowest BCUT2D eigenvalue weighted by molar-refractivity contribution is -0.120. The molecular weight excluding hydrogens is 370 g/mol. The van der Waals surface area contributed by atoms with Gasteiger partial charge in [0.25, 0.3) is 0 Å². The molecule has 8 heteroatoms. The molecule has 2 aromatic heterocycles. The molecule has 2 aliphatic carbocycles. The van der Waals surface area contributed by atoms with E-state index in [0.29, 0.717) is 30.5 Å². The monoisotopic (exact) mass is 399 g/mol. The molecule has 2 fully saturated rings. The highest BCUT2D eigenvalue weighted by Gasteiger charge is 2.32. The molecule has 2 aliphatic rings. The largest absolute Gasteiger partial charge is 0.445 e. The summed E-state index contributed by atoms with van der Waals surface area (Å²) in [6, 6.07) is 2.11. The molecule has 0 saturated heterocycles. The van der Waals surface area contributed by atoms with E-state index >= 15 is 0 Å². The van der Waals surface area contributed by atoms with E-state index in [4.69, 9.17) is 4.42 Å². The van der Waals surface area contributed by atoms with Gasteiger partial charge in [-0.2, -0.15) is 5.10 Å². The first kappa shape index (κ1) is 19.7. The van der Waals surface area contributed by atoms with Crippen LogP contribution in [0.3, 0.4) is 0 Å². The lowest BCUT2D eigenvalue weighted by Crippen LogP contribution is -2.42. The van der Waals surface area contributed by atoms with Crippen LogP contribution in [0.25, 0.3) is 0 Å². The van der Waals surface area contributed by atoms with Gasteiger partial charge < -0.3 is 15.1 Å². The first-order valence-corrected chi connectivity index (χ1v) is 10.6. The summed E-state index contributed by atoms with van der Waals surface area (Å²) in [5, 5.41) is 12.9. The molecular formula is C21H29N5O3. The molecule has 2 saturated carbocycles. The molecule has 3 N–H and O–H groups in total. The van der Waals surface area contributed by atoms with Crippen molar-refractivity contribution in [3.05, 3.63) is 29.6 Å². The van der Waals surface area contributed by atoms with E-state index in [0.717, 1.165) is 43.0 Å². The van der Waals surface area contributed by atoms with E-state index in [2.05, 4.69) is 25.8 Å². The Morgan fingerprint density at radius 1 is 1.21 bits per heavy atom. The van der Waals surface area contributed by atoms with E-state index in [1.807, 2.05) is 6.07 Å². The van der Waals surface area contributed by atoms with Crippen LogP contribution in [0.1, 0.15) is 87.5 Å². The van der Waals surface area contributed by atoms with Crippen LogP contribution in [0.5, 0.6) is 0 Å². The minimum atomic E-state index is -0.0941. The molecule has 0 atom stereocenters. The number of aromatic nitrogens is 3. The third kappa shape index (κ3) is 5.05. The second-order valence-electron chi connectivity index (χ2n) is 8.32. The number of nitrogens with zero attached hydrogens (tertiary/aromatic N) is 2. The fourth-order valence-corrected chi connectivity index (χ4v) is 4.31. The SMILES string of the molecule is CC(=O)NC1CC(c2cc(NC(=O)CCc3cnc(C4CCCCC4)o3)n[nH]2)C1. The minimum absolute atomic E-state index is 0.00336. The normalized spacial score (nSPS) is 22.1. The van der Waals surface area contributed by atoms with Crippen molar-refractivity contribution in [2.75, 3.05) is 5.32 Å². The lowest BCUT2D eigenvalue weighted by Gasteiger charge is -2.34. The Hall–Kier alpha value is -2.64. The molecule has 0 radical (unpaired) electrons. The van der Waals surface area contributed by atoms with Gasteiger partial charge in [0.15, 0.2) is 11.7 Å². The van der Waals surface area contributed by atoms with Crippen molar-refractivity contribution in [1.82, 2.24) is 20.5 Å². The summed E-state index contributed by atoms with van der Waals surface area (Å²) < 4.78 is 5.88. The molecule has 0 bridgehead atoms. The summed E-state index contributed by atoms with van der Waals surface area (Å²) in [4.78, 5) is 27.8. The number of hydrogen-bond donors (Lipinski definition) is 3. The van der Waals surface area contributed by atoms with Gasteiger partial charge in [-0.25, -0.2) is 4.98 Å². The van der Waals surface area contributed by atoms with Crippen molar-refractivity contribution >= 4 is 17.6 Å². The Labute approximate surface area is 170 Å². The van der Waals surface area contributed by atoms with Crippen LogP contribution in [0, 0.1) is 0 Å². The molecule has 2 aromatic rings. The number of carbonyl (C=O) groups is 2. The summed E-state index contributed by atoms with van der Waals surface area (Å²) in [6.07, 6.45) is 10.5. The Kier molecular flexibility index (Phi) is 5.97. The van der Waals surface area contributed by atoms with Gasteiger partial charge in [0.1, 0.15) is 5.76 Å². The van der Waals surface area contributed by atoms with Crippen LogP contribution in [0.15, 0.2) is 16.7 Å². The van der Waals surface area contributed by atoms with E-state index in [1.165, 1.54) is 26.2 Å². The maximum absolute atomic E-state index is 12.3. The number of hydrogen-bond acceptors (Lipinski definition) is 5. The number of oxazole rings is 1. The number of rotatable bonds is 7. The summed E-state index contributed by atoms with van der Waals surface area (Å²) in [5.74, 6) is 2.82. The number of carbonyl (C=O) groups excluding carboxylic acids is 2. The second kappa shape index (κ2) is 8.80. The summed E-state index contributed by atoms with van der Waals surface area (Å²) in [6.45, 7) is 1.53. The molecule has 8 nitrogen and oxygen atoms in total. The Morgan fingerprint density at radius 2 is 2.00 bits per heavy atom. The quantitative estimate of drug-likeness (QED) is 0.660. The predicted octanol–water partition coefficient (Wildman–Crippen LogP) is 3.40. The molecule has 2 heterocycles. The third-order valence-electron chi connectivity index (χ3n) is 5.97. The first-order chi connectivity index (χ1) is 14.1. The molecule has 0 aromatic carbocycles. The average molecular weight is 399 g/mol. The first-order valence-electron chi connectivity index (χ1n) is 10.6. The van der Waals surface area contributed by atoms with Crippen LogP contribution in [0.4, 0.5) is 5.82 Å². The van der Waals surface area contributed by atoms with Gasteiger partial charge in [-0.15, -0.1) is 0 Å². The summed E-state index contributed by atoms with van der Waals surface area (Å²) in [5.41, 5.74) is 0.995. The van der Waals surface area contributed by atoms with Crippen molar-refractivity contribution in [3.63, 3.8) is 0 Å². The Morgan fingerprint density at radius 3 is 2.76 bits per heavy atom. The Balaban J connectivity index is 1.21. The minimum Gasteiger partial charge on any atom is -0.445 e. The average Bonchev–Trinajstić information content (AvgIpc) is 3.33. The van der Waals surface area contributed by atoms with Crippen molar-refractivity contribution in [2.45, 2.75) is 82.6 Å². The van der Waals surface area contributed by atoms with Gasteiger partial charge in [0, 0.05) is 49.4 Å². The predicted molar refractivity (Wildman–Crippen MR) is 107 cm³/mol. The van der Waals surface area contributed by atoms with Gasteiger partial charge in [-0.1, -0.05) is 19.3 Å². The standard InChI is InChI=1S/C21H29N5O3/c1-13(27)23-16-9-15(10-16)18-11-19(26-25-18)24-20(28)8-7-17-12-22-21(29-17)14-5-3-2-4-6-14/h11-12,14-16H,2-10H2,1H3,(H,23,27)(H2,24,25,26,28). The van der Waals surface area contributed by atoms with Gasteiger partial charge in [0.2, 0.25) is 11.8 Å². The van der Waals surface area contributed by atoms with Crippen LogP contribution in [0.2, 0.25) is 0 Å². The van der Waals surface area contributed by atoms with E-state index < -0.39 is 0 Å². The van der Waals surface area contributed by atoms with Crippen molar-refractivity contribution in [1.29, 1.82) is 0 Å². The highest BCUT2D eigenvalue weighted by Crippen LogP contribution is 2.36. The third-order valence-corrected chi connectivity index (χ3v) is 5.97. The van der Waals surface area contributed by atoms with Crippen LogP contribution < -0.4 is 10.6 Å². The number of aromatic amines is 1. The smallest absolute Gasteiger partial charge is 0.226 e. The lowest BCUT2D eigenvalue weighted by atomic mass is 9.78. The highest BCUT2D eigenvalue weighted by atomic mass is 16.4. The number of amides is 2. The van der Waals surface area contributed by atoms with Gasteiger partial charge >= 0.3 is 0 Å². The number of H-pyrrole nitrogens is 1. The fraction of sp³-hybridized carbons (Fsp3) is 0.619. The zero-order chi connectivity index (χ0) is 20.2. The zero-order valence-corrected chi connectivity index (χ0v) is 16.9. The molecule has 156 valence electrons. The highest BCUT2D eigenvalue weighted by molar-refractivity contribution is 5.89. The van der Waals surface area contributed by atoms with Crippen molar-refractivity contribution in [3.8, 4) is 0 Å². The van der Waals surface area contributed by atoms with E-state index in [-0.39, 0.29) is 17.9 Å². The van der Waals surface area contributed by atoms with Gasteiger partial charge in [-0.05, 0) is 25.7 Å². The second-order valence-corrected chi connectivity index (χ2v) is 8.32. The van der Waals surface area contributed by atoms with E-state index in [9.17, 15) is 9.59 Å². The Bertz CT molecular complexity index is 846. The van der Waals surface area contributed by atoms with Crippen LogP contribution in [-0.4, -0.2) is 33.0 Å².